The first kappa shape index (κ1) is 12.1. The summed E-state index contributed by atoms with van der Waals surface area (Å²) in [5.41, 5.74) is 2.63. The van der Waals surface area contributed by atoms with E-state index in [2.05, 4.69) is 37.4 Å². The zero-order valence-electron chi connectivity index (χ0n) is 9.97. The molecule has 0 unspecified atom stereocenters. The minimum Gasteiger partial charge on any atom is -0.494 e. The summed E-state index contributed by atoms with van der Waals surface area (Å²) in [5, 5.41) is 3.33. The fraction of sp³-hybridized carbons (Fsp3) is 0.538. The molecule has 0 saturated heterocycles. The average molecular weight is 207 g/mol. The van der Waals surface area contributed by atoms with Crippen LogP contribution in [0.3, 0.4) is 0 Å². The van der Waals surface area contributed by atoms with E-state index in [1.165, 1.54) is 11.1 Å². The number of ether oxygens (including phenoxy) is 1. The van der Waals surface area contributed by atoms with Gasteiger partial charge in [-0.2, -0.15) is 0 Å². The van der Waals surface area contributed by atoms with Crippen molar-refractivity contribution in [2.75, 3.05) is 13.2 Å². The van der Waals surface area contributed by atoms with Crippen LogP contribution in [0.15, 0.2) is 18.2 Å². The fourth-order valence-electron chi connectivity index (χ4n) is 1.55. The zero-order valence-corrected chi connectivity index (χ0v) is 9.97. The van der Waals surface area contributed by atoms with E-state index < -0.39 is 0 Å². The van der Waals surface area contributed by atoms with Crippen molar-refractivity contribution < 1.29 is 4.74 Å². The lowest BCUT2D eigenvalue weighted by atomic mass is 10.1. The Hall–Kier alpha value is -1.02. The lowest BCUT2D eigenvalue weighted by molar-refractivity contribution is 0.335. The summed E-state index contributed by atoms with van der Waals surface area (Å²) >= 11 is 0. The summed E-state index contributed by atoms with van der Waals surface area (Å²) in [7, 11) is 0. The number of nitrogens with one attached hydrogen (secondary N) is 1. The van der Waals surface area contributed by atoms with Crippen molar-refractivity contribution in [1.29, 1.82) is 0 Å². The smallest absolute Gasteiger partial charge is 0.123 e. The first-order valence-electron chi connectivity index (χ1n) is 5.77. The Morgan fingerprint density at radius 3 is 2.60 bits per heavy atom. The quantitative estimate of drug-likeness (QED) is 0.774. The summed E-state index contributed by atoms with van der Waals surface area (Å²) in [6.45, 7) is 8.91. The van der Waals surface area contributed by atoms with Gasteiger partial charge in [0.15, 0.2) is 0 Å². The van der Waals surface area contributed by atoms with Gasteiger partial charge in [-0.15, -0.1) is 0 Å². The van der Waals surface area contributed by atoms with Crippen LogP contribution in [0, 0.1) is 0 Å². The second-order valence-corrected chi connectivity index (χ2v) is 3.51. The molecule has 1 aromatic carbocycles. The highest BCUT2D eigenvalue weighted by molar-refractivity contribution is 5.37. The monoisotopic (exact) mass is 207 g/mol. The highest BCUT2D eigenvalue weighted by atomic mass is 16.5. The number of hydrogen-bond acceptors (Lipinski definition) is 2. The van der Waals surface area contributed by atoms with E-state index >= 15 is 0 Å². The van der Waals surface area contributed by atoms with E-state index in [-0.39, 0.29) is 0 Å². The van der Waals surface area contributed by atoms with Gasteiger partial charge in [0.1, 0.15) is 5.75 Å². The third-order valence-electron chi connectivity index (χ3n) is 2.40. The van der Waals surface area contributed by atoms with Crippen LogP contribution in [-0.4, -0.2) is 13.2 Å². The Kier molecular flexibility index (Phi) is 5.19. The Labute approximate surface area is 92.6 Å². The van der Waals surface area contributed by atoms with Crippen LogP contribution in [0.5, 0.6) is 5.75 Å². The van der Waals surface area contributed by atoms with Crippen LogP contribution in [0.2, 0.25) is 0 Å². The fourth-order valence-corrected chi connectivity index (χ4v) is 1.55. The number of benzene rings is 1. The Balaban J connectivity index is 2.83. The van der Waals surface area contributed by atoms with Gasteiger partial charge in [0, 0.05) is 12.1 Å². The molecule has 0 atom stereocenters. The first-order valence-corrected chi connectivity index (χ1v) is 5.77. The molecule has 0 aliphatic carbocycles. The average Bonchev–Trinajstić information content (AvgIpc) is 2.28. The van der Waals surface area contributed by atoms with Gasteiger partial charge in [-0.3, -0.25) is 0 Å². The van der Waals surface area contributed by atoms with Crippen molar-refractivity contribution in [3.8, 4) is 5.75 Å². The minimum absolute atomic E-state index is 0.727. The Bertz CT molecular complexity index is 297. The predicted octanol–water partition coefficient (Wildman–Crippen LogP) is 2.76. The maximum Gasteiger partial charge on any atom is 0.123 e. The summed E-state index contributed by atoms with van der Waals surface area (Å²) in [4.78, 5) is 0. The van der Waals surface area contributed by atoms with Gasteiger partial charge >= 0.3 is 0 Å². The largest absolute Gasteiger partial charge is 0.494 e. The molecule has 15 heavy (non-hydrogen) atoms. The second-order valence-electron chi connectivity index (χ2n) is 3.51. The summed E-state index contributed by atoms with van der Waals surface area (Å²) in [6, 6.07) is 6.45. The molecule has 1 rings (SSSR count). The molecule has 0 spiro atoms. The Morgan fingerprint density at radius 1 is 1.20 bits per heavy atom. The van der Waals surface area contributed by atoms with Gasteiger partial charge in [-0.05, 0) is 31.5 Å². The molecule has 0 heterocycles. The van der Waals surface area contributed by atoms with Gasteiger partial charge in [0.05, 0.1) is 6.61 Å². The predicted molar refractivity (Wildman–Crippen MR) is 64.4 cm³/mol. The van der Waals surface area contributed by atoms with Gasteiger partial charge in [0.2, 0.25) is 0 Å². The molecule has 0 aliphatic heterocycles. The molecule has 0 aromatic heterocycles. The molecule has 1 N–H and O–H groups in total. The summed E-state index contributed by atoms with van der Waals surface area (Å²) < 4.78 is 5.59. The summed E-state index contributed by atoms with van der Waals surface area (Å²) in [6.07, 6.45) is 1.07. The van der Waals surface area contributed by atoms with Crippen molar-refractivity contribution in [1.82, 2.24) is 5.32 Å². The molecule has 0 fully saturated rings. The summed E-state index contributed by atoms with van der Waals surface area (Å²) in [5.74, 6) is 1.01. The van der Waals surface area contributed by atoms with Crippen LogP contribution in [0.25, 0.3) is 0 Å². The number of rotatable bonds is 6. The molecular weight excluding hydrogens is 186 g/mol. The molecule has 0 bridgehead atoms. The molecular formula is C13H21NO. The molecule has 0 amide bonds. The van der Waals surface area contributed by atoms with E-state index in [9.17, 15) is 0 Å². The Morgan fingerprint density at radius 2 is 2.00 bits per heavy atom. The highest BCUT2D eigenvalue weighted by Gasteiger charge is 2.03. The molecule has 1 aromatic rings. The third-order valence-corrected chi connectivity index (χ3v) is 2.40. The van der Waals surface area contributed by atoms with Crippen LogP contribution in [0.4, 0.5) is 0 Å². The molecule has 0 saturated carbocycles. The van der Waals surface area contributed by atoms with Gasteiger partial charge in [0.25, 0.3) is 0 Å². The van der Waals surface area contributed by atoms with Crippen LogP contribution < -0.4 is 10.1 Å². The normalized spacial score (nSPS) is 10.3. The lowest BCUT2D eigenvalue weighted by Gasteiger charge is -2.11. The van der Waals surface area contributed by atoms with Crippen molar-refractivity contribution >= 4 is 0 Å². The second kappa shape index (κ2) is 6.46. The van der Waals surface area contributed by atoms with Crippen molar-refractivity contribution in [2.45, 2.75) is 33.7 Å². The third kappa shape index (κ3) is 3.56. The minimum atomic E-state index is 0.727. The molecule has 2 nitrogen and oxygen atoms in total. The maximum atomic E-state index is 5.59. The van der Waals surface area contributed by atoms with Gasteiger partial charge < -0.3 is 10.1 Å². The first-order chi connectivity index (χ1) is 7.31. The van der Waals surface area contributed by atoms with Crippen molar-refractivity contribution in [2.24, 2.45) is 0 Å². The van der Waals surface area contributed by atoms with Crippen molar-refractivity contribution in [3.05, 3.63) is 29.3 Å². The van der Waals surface area contributed by atoms with Crippen LogP contribution in [-0.2, 0) is 13.0 Å². The topological polar surface area (TPSA) is 21.3 Å². The zero-order chi connectivity index (χ0) is 11.1. The van der Waals surface area contributed by atoms with E-state index in [0.29, 0.717) is 0 Å². The highest BCUT2D eigenvalue weighted by Crippen LogP contribution is 2.20. The molecule has 84 valence electrons. The van der Waals surface area contributed by atoms with Crippen molar-refractivity contribution in [3.63, 3.8) is 0 Å². The van der Waals surface area contributed by atoms with Crippen LogP contribution in [0.1, 0.15) is 31.9 Å². The van der Waals surface area contributed by atoms with E-state index in [1.54, 1.807) is 0 Å². The van der Waals surface area contributed by atoms with E-state index in [4.69, 9.17) is 4.74 Å². The number of hydrogen-bond donors (Lipinski definition) is 1. The van der Waals surface area contributed by atoms with E-state index in [1.807, 2.05) is 6.92 Å². The molecule has 2 heteroatoms. The lowest BCUT2D eigenvalue weighted by Crippen LogP contribution is -2.13. The van der Waals surface area contributed by atoms with Gasteiger partial charge in [-0.25, -0.2) is 0 Å². The van der Waals surface area contributed by atoms with Gasteiger partial charge in [-0.1, -0.05) is 26.0 Å². The standard InChI is InChI=1S/C13H21NO/c1-4-11-7-8-13(15-6-3)12(9-11)10-14-5-2/h7-9,14H,4-6,10H2,1-3H3. The van der Waals surface area contributed by atoms with Crippen LogP contribution >= 0.6 is 0 Å². The SMILES string of the molecule is CCNCc1cc(CC)ccc1OCC. The molecule has 0 aliphatic rings. The molecule has 0 radical (unpaired) electrons. The maximum absolute atomic E-state index is 5.59. The van der Waals surface area contributed by atoms with E-state index in [0.717, 1.165) is 31.9 Å². The number of aryl methyl sites for hydroxylation is 1.